The zero-order valence-corrected chi connectivity index (χ0v) is 22.5. The van der Waals surface area contributed by atoms with Crippen LogP contribution in [0.15, 0.2) is 48.5 Å². The highest BCUT2D eigenvalue weighted by Gasteiger charge is 2.27. The van der Waals surface area contributed by atoms with E-state index in [0.717, 1.165) is 30.2 Å². The Balaban J connectivity index is 2.16. The van der Waals surface area contributed by atoms with Gasteiger partial charge in [0.25, 0.3) is 0 Å². The van der Waals surface area contributed by atoms with Crippen molar-refractivity contribution in [1.29, 1.82) is 0 Å². The van der Waals surface area contributed by atoms with Crippen LogP contribution in [-0.4, -0.2) is 50.5 Å². The van der Waals surface area contributed by atoms with Crippen LogP contribution in [0.4, 0.5) is 5.69 Å². The molecule has 2 aromatic rings. The zero-order valence-electron chi connectivity index (χ0n) is 21.0. The summed E-state index contributed by atoms with van der Waals surface area (Å²) >= 11 is 6.31. The molecule has 7 nitrogen and oxygen atoms in total. The van der Waals surface area contributed by atoms with Gasteiger partial charge in [0.1, 0.15) is 6.04 Å². The molecule has 9 heteroatoms. The number of hydrogen-bond acceptors (Lipinski definition) is 4. The maximum absolute atomic E-state index is 13.3. The molecule has 1 atom stereocenters. The zero-order chi connectivity index (χ0) is 26.0. The van der Waals surface area contributed by atoms with E-state index >= 15 is 0 Å². The molecule has 0 aliphatic rings. The van der Waals surface area contributed by atoms with E-state index in [9.17, 15) is 18.0 Å². The van der Waals surface area contributed by atoms with Crippen molar-refractivity contribution in [3.8, 4) is 0 Å². The van der Waals surface area contributed by atoms with E-state index in [0.29, 0.717) is 23.7 Å². The van der Waals surface area contributed by atoms with Gasteiger partial charge in [-0.1, -0.05) is 55.8 Å². The summed E-state index contributed by atoms with van der Waals surface area (Å²) < 4.78 is 26.2. The standard InChI is InChI=1S/C26H36ClN3O4S/c1-5-17-28-26(32)20(3)29(19-22-10-7-8-11-24(22)27)25(31)12-9-18-30(35(4,33)34)23-15-13-21(6-2)14-16-23/h7-8,10-11,13-16,20H,5-6,9,12,17-19H2,1-4H3,(H,28,32)/t20-/m0/s1. The molecule has 0 aromatic heterocycles. The number of rotatable bonds is 13. The highest BCUT2D eigenvalue weighted by atomic mass is 35.5. The lowest BCUT2D eigenvalue weighted by Crippen LogP contribution is -2.47. The number of nitrogens with one attached hydrogen (secondary N) is 1. The quantitative estimate of drug-likeness (QED) is 0.423. The second-order valence-electron chi connectivity index (χ2n) is 8.54. The number of sulfonamides is 1. The summed E-state index contributed by atoms with van der Waals surface area (Å²) in [7, 11) is -3.52. The Labute approximate surface area is 214 Å². The normalized spacial score (nSPS) is 12.1. The van der Waals surface area contributed by atoms with Crippen LogP contribution >= 0.6 is 11.6 Å². The van der Waals surface area contributed by atoms with Gasteiger partial charge in [-0.2, -0.15) is 0 Å². The lowest BCUT2D eigenvalue weighted by molar-refractivity contribution is -0.140. The van der Waals surface area contributed by atoms with Crippen LogP contribution in [0.1, 0.15) is 51.2 Å². The Kier molecular flexibility index (Phi) is 11.0. The van der Waals surface area contributed by atoms with Crippen LogP contribution < -0.4 is 9.62 Å². The minimum atomic E-state index is -3.52. The lowest BCUT2D eigenvalue weighted by atomic mass is 10.1. The third-order valence-electron chi connectivity index (χ3n) is 5.80. The SMILES string of the molecule is CCCNC(=O)[C@H](C)N(Cc1ccccc1Cl)C(=O)CCCN(c1ccc(CC)cc1)S(C)(=O)=O. The molecule has 0 heterocycles. The molecule has 35 heavy (non-hydrogen) atoms. The number of anilines is 1. The van der Waals surface area contributed by atoms with Crippen molar-refractivity contribution in [2.75, 3.05) is 23.7 Å². The molecule has 192 valence electrons. The fourth-order valence-electron chi connectivity index (χ4n) is 3.69. The van der Waals surface area contributed by atoms with E-state index in [1.807, 2.05) is 44.2 Å². The van der Waals surface area contributed by atoms with Crippen LogP contribution in [0.3, 0.4) is 0 Å². The summed E-state index contributed by atoms with van der Waals surface area (Å²) in [5.74, 6) is -0.472. The number of carbonyl (C=O) groups excluding carboxylic acids is 2. The second-order valence-corrected chi connectivity index (χ2v) is 10.9. The molecule has 0 aliphatic carbocycles. The molecule has 2 amide bonds. The first-order chi connectivity index (χ1) is 16.6. The van der Waals surface area contributed by atoms with E-state index in [4.69, 9.17) is 11.6 Å². The lowest BCUT2D eigenvalue weighted by Gasteiger charge is -2.29. The van der Waals surface area contributed by atoms with E-state index in [1.54, 1.807) is 25.1 Å². The Bertz CT molecular complexity index is 1090. The first-order valence-corrected chi connectivity index (χ1v) is 14.2. The average Bonchev–Trinajstić information content (AvgIpc) is 2.83. The predicted octanol–water partition coefficient (Wildman–Crippen LogP) is 4.39. The summed E-state index contributed by atoms with van der Waals surface area (Å²) in [6.45, 7) is 6.56. The smallest absolute Gasteiger partial charge is 0.242 e. The van der Waals surface area contributed by atoms with Crippen molar-refractivity contribution in [2.45, 2.75) is 59.0 Å². The van der Waals surface area contributed by atoms with Crippen molar-refractivity contribution in [1.82, 2.24) is 10.2 Å². The van der Waals surface area contributed by atoms with Gasteiger partial charge in [-0.15, -0.1) is 0 Å². The van der Waals surface area contributed by atoms with Gasteiger partial charge >= 0.3 is 0 Å². The molecular weight excluding hydrogens is 486 g/mol. The molecule has 0 spiro atoms. The first-order valence-electron chi connectivity index (χ1n) is 12.0. The first kappa shape index (κ1) is 28.7. The second kappa shape index (κ2) is 13.5. The minimum Gasteiger partial charge on any atom is -0.354 e. The van der Waals surface area contributed by atoms with Gasteiger partial charge < -0.3 is 10.2 Å². The molecule has 0 saturated carbocycles. The van der Waals surface area contributed by atoms with Crippen LogP contribution in [-0.2, 0) is 32.6 Å². The number of nitrogens with zero attached hydrogens (tertiary/aromatic N) is 2. The fraction of sp³-hybridized carbons (Fsp3) is 0.462. The largest absolute Gasteiger partial charge is 0.354 e. The van der Waals surface area contributed by atoms with Crippen LogP contribution in [0.25, 0.3) is 0 Å². The van der Waals surface area contributed by atoms with Gasteiger partial charge in [0, 0.05) is 31.1 Å². The maximum atomic E-state index is 13.3. The Morgan fingerprint density at radius 2 is 1.71 bits per heavy atom. The maximum Gasteiger partial charge on any atom is 0.242 e. The van der Waals surface area contributed by atoms with E-state index in [-0.39, 0.29) is 31.3 Å². The van der Waals surface area contributed by atoms with E-state index in [1.165, 1.54) is 9.21 Å². The number of benzene rings is 2. The fourth-order valence-corrected chi connectivity index (χ4v) is 4.85. The molecule has 2 rings (SSSR count). The monoisotopic (exact) mass is 521 g/mol. The van der Waals surface area contributed by atoms with Crippen molar-refractivity contribution >= 4 is 39.1 Å². The third-order valence-corrected chi connectivity index (χ3v) is 7.36. The average molecular weight is 522 g/mol. The Hall–Kier alpha value is -2.58. The third kappa shape index (κ3) is 8.54. The molecule has 0 fully saturated rings. The molecule has 1 N–H and O–H groups in total. The van der Waals surface area contributed by atoms with E-state index in [2.05, 4.69) is 5.32 Å². The highest BCUT2D eigenvalue weighted by Crippen LogP contribution is 2.22. The van der Waals surface area contributed by atoms with Gasteiger partial charge in [0.05, 0.1) is 11.9 Å². The summed E-state index contributed by atoms with van der Waals surface area (Å²) in [5.41, 5.74) is 2.42. The van der Waals surface area contributed by atoms with Gasteiger partial charge in [0.2, 0.25) is 21.8 Å². The van der Waals surface area contributed by atoms with Crippen molar-refractivity contribution < 1.29 is 18.0 Å². The molecule has 2 aromatic carbocycles. The minimum absolute atomic E-state index is 0.0922. The van der Waals surface area contributed by atoms with Gasteiger partial charge in [0.15, 0.2) is 0 Å². The van der Waals surface area contributed by atoms with Gasteiger partial charge in [-0.3, -0.25) is 13.9 Å². The molecule has 0 bridgehead atoms. The van der Waals surface area contributed by atoms with Crippen LogP contribution in [0.2, 0.25) is 5.02 Å². The van der Waals surface area contributed by atoms with Crippen molar-refractivity contribution in [3.63, 3.8) is 0 Å². The van der Waals surface area contributed by atoms with Gasteiger partial charge in [-0.05, 0) is 55.5 Å². The predicted molar refractivity (Wildman–Crippen MR) is 142 cm³/mol. The Morgan fingerprint density at radius 1 is 1.06 bits per heavy atom. The number of amides is 2. The van der Waals surface area contributed by atoms with E-state index < -0.39 is 16.1 Å². The number of hydrogen-bond donors (Lipinski definition) is 1. The summed E-state index contributed by atoms with van der Waals surface area (Å²) in [6, 6.07) is 13.9. The summed E-state index contributed by atoms with van der Waals surface area (Å²) in [5, 5.41) is 3.36. The molecule has 0 saturated heterocycles. The topological polar surface area (TPSA) is 86.8 Å². The van der Waals surface area contributed by atoms with Crippen LogP contribution in [0.5, 0.6) is 0 Å². The van der Waals surface area contributed by atoms with Gasteiger partial charge in [-0.25, -0.2) is 8.42 Å². The summed E-state index contributed by atoms with van der Waals surface area (Å²) in [6.07, 6.45) is 3.21. The van der Waals surface area contributed by atoms with Crippen molar-refractivity contribution in [3.05, 3.63) is 64.7 Å². The molecular formula is C26H36ClN3O4S. The summed E-state index contributed by atoms with van der Waals surface area (Å²) in [4.78, 5) is 27.4. The number of carbonyl (C=O) groups is 2. The highest BCUT2D eigenvalue weighted by molar-refractivity contribution is 7.92. The number of aryl methyl sites for hydroxylation is 1. The molecule has 0 radical (unpaired) electrons. The molecule has 0 aliphatic heterocycles. The Morgan fingerprint density at radius 3 is 2.29 bits per heavy atom. The molecule has 0 unspecified atom stereocenters. The van der Waals surface area contributed by atoms with Crippen LogP contribution in [0, 0.1) is 0 Å². The number of halogens is 1. The van der Waals surface area contributed by atoms with Crippen molar-refractivity contribution in [2.24, 2.45) is 0 Å².